The second-order valence-electron chi connectivity index (χ2n) is 3.23. The van der Waals surface area contributed by atoms with Gasteiger partial charge in [-0.1, -0.05) is 6.07 Å². The number of hydrogen-bond acceptors (Lipinski definition) is 3. The third-order valence-electron chi connectivity index (χ3n) is 2.15. The minimum absolute atomic E-state index is 0.0884. The molecule has 0 aromatic carbocycles. The lowest BCUT2D eigenvalue weighted by Crippen LogP contribution is -2.12. The van der Waals surface area contributed by atoms with Crippen LogP contribution in [0.1, 0.15) is 17.2 Å². The van der Waals surface area contributed by atoms with Crippen LogP contribution < -0.4 is 5.73 Å². The van der Waals surface area contributed by atoms with Crippen LogP contribution >= 0.6 is 11.3 Å². The number of pyridine rings is 1. The molecule has 0 saturated carbocycles. The molecule has 0 radical (unpaired) electrons. The highest BCUT2D eigenvalue weighted by Crippen LogP contribution is 2.17. The van der Waals surface area contributed by atoms with Crippen molar-refractivity contribution in [1.82, 2.24) is 4.98 Å². The van der Waals surface area contributed by atoms with Crippen molar-refractivity contribution >= 4 is 11.3 Å². The molecule has 0 amide bonds. The van der Waals surface area contributed by atoms with E-state index in [9.17, 15) is 0 Å². The predicted octanol–water partition coefficient (Wildman–Crippen LogP) is 2.39. The van der Waals surface area contributed by atoms with Gasteiger partial charge < -0.3 is 5.73 Å². The van der Waals surface area contributed by atoms with Gasteiger partial charge in [0.15, 0.2) is 0 Å². The molecule has 2 N–H and O–H groups in total. The Balaban J connectivity index is 2.06. The summed E-state index contributed by atoms with van der Waals surface area (Å²) in [4.78, 5) is 4.07. The number of nitrogens with zero attached hydrogens (tertiary/aromatic N) is 1. The third-order valence-corrected chi connectivity index (χ3v) is 2.85. The summed E-state index contributed by atoms with van der Waals surface area (Å²) in [7, 11) is 0. The molecule has 0 spiro atoms. The Bertz CT molecular complexity index is 369. The maximum Gasteiger partial charge on any atom is 0.0344 e. The van der Waals surface area contributed by atoms with E-state index in [2.05, 4.69) is 27.9 Å². The van der Waals surface area contributed by atoms with Gasteiger partial charge in [0.1, 0.15) is 0 Å². The normalized spacial score (nSPS) is 12.6. The molecule has 3 heteroatoms. The fraction of sp³-hybridized carbons (Fsp3) is 0.182. The number of aromatic nitrogens is 1. The second kappa shape index (κ2) is 4.35. The average molecular weight is 204 g/mol. The molecule has 0 fully saturated rings. The molecule has 72 valence electrons. The Morgan fingerprint density at radius 2 is 2.36 bits per heavy atom. The molecule has 2 rings (SSSR count). The van der Waals surface area contributed by atoms with Crippen LogP contribution in [0.2, 0.25) is 0 Å². The van der Waals surface area contributed by atoms with Crippen molar-refractivity contribution in [2.24, 2.45) is 5.73 Å². The highest BCUT2D eigenvalue weighted by atomic mass is 32.1. The van der Waals surface area contributed by atoms with Crippen LogP contribution in [-0.2, 0) is 6.42 Å². The fourth-order valence-corrected chi connectivity index (χ4v) is 2.10. The first-order chi connectivity index (χ1) is 6.86. The molecule has 1 unspecified atom stereocenters. The summed E-state index contributed by atoms with van der Waals surface area (Å²) in [6, 6.07) is 6.16. The van der Waals surface area contributed by atoms with Crippen molar-refractivity contribution in [2.75, 3.05) is 0 Å². The topological polar surface area (TPSA) is 38.9 Å². The minimum Gasteiger partial charge on any atom is -0.324 e. The zero-order valence-electron chi connectivity index (χ0n) is 7.76. The van der Waals surface area contributed by atoms with Crippen molar-refractivity contribution in [3.05, 3.63) is 52.5 Å². The van der Waals surface area contributed by atoms with E-state index >= 15 is 0 Å². The van der Waals surface area contributed by atoms with E-state index in [4.69, 9.17) is 5.73 Å². The van der Waals surface area contributed by atoms with Gasteiger partial charge in [-0.05, 0) is 40.4 Å². The minimum atomic E-state index is 0.0884. The number of rotatable bonds is 3. The SMILES string of the molecule is NC(Cc1cccnc1)c1ccsc1. The first-order valence-corrected chi connectivity index (χ1v) is 5.47. The van der Waals surface area contributed by atoms with Gasteiger partial charge >= 0.3 is 0 Å². The molecule has 1 atom stereocenters. The van der Waals surface area contributed by atoms with E-state index < -0.39 is 0 Å². The highest BCUT2D eigenvalue weighted by molar-refractivity contribution is 7.07. The molecular weight excluding hydrogens is 192 g/mol. The summed E-state index contributed by atoms with van der Waals surface area (Å²) < 4.78 is 0. The number of thiophene rings is 1. The third kappa shape index (κ3) is 2.19. The summed E-state index contributed by atoms with van der Waals surface area (Å²) in [6.45, 7) is 0. The highest BCUT2D eigenvalue weighted by Gasteiger charge is 2.06. The van der Waals surface area contributed by atoms with E-state index in [1.54, 1.807) is 17.5 Å². The van der Waals surface area contributed by atoms with E-state index in [1.165, 1.54) is 11.1 Å². The molecule has 2 aromatic rings. The zero-order valence-corrected chi connectivity index (χ0v) is 8.58. The fourth-order valence-electron chi connectivity index (χ4n) is 1.38. The van der Waals surface area contributed by atoms with Crippen LogP contribution in [0.15, 0.2) is 41.4 Å². The Morgan fingerprint density at radius 1 is 1.43 bits per heavy atom. The molecule has 14 heavy (non-hydrogen) atoms. The van der Waals surface area contributed by atoms with Crippen molar-refractivity contribution in [3.8, 4) is 0 Å². The Labute approximate surface area is 87.4 Å². The summed E-state index contributed by atoms with van der Waals surface area (Å²) in [5.74, 6) is 0. The van der Waals surface area contributed by atoms with Crippen LogP contribution in [0.4, 0.5) is 0 Å². The molecule has 2 nitrogen and oxygen atoms in total. The first-order valence-electron chi connectivity index (χ1n) is 4.53. The number of hydrogen-bond donors (Lipinski definition) is 1. The van der Waals surface area contributed by atoms with Crippen molar-refractivity contribution in [3.63, 3.8) is 0 Å². The quantitative estimate of drug-likeness (QED) is 0.833. The molecule has 0 aliphatic heterocycles. The van der Waals surface area contributed by atoms with Crippen LogP contribution in [0.3, 0.4) is 0 Å². The summed E-state index contributed by atoms with van der Waals surface area (Å²) in [5.41, 5.74) is 8.44. The van der Waals surface area contributed by atoms with E-state index in [0.29, 0.717) is 0 Å². The molecule has 2 aromatic heterocycles. The van der Waals surface area contributed by atoms with Gasteiger partial charge in [-0.3, -0.25) is 4.98 Å². The average Bonchev–Trinajstić information content (AvgIpc) is 2.72. The summed E-state index contributed by atoms with van der Waals surface area (Å²) in [5, 5.41) is 4.15. The maximum atomic E-state index is 6.05. The van der Waals surface area contributed by atoms with Crippen LogP contribution in [0.5, 0.6) is 0 Å². The van der Waals surface area contributed by atoms with Gasteiger partial charge in [-0.15, -0.1) is 0 Å². The summed E-state index contributed by atoms with van der Waals surface area (Å²) in [6.07, 6.45) is 4.50. The van der Waals surface area contributed by atoms with Gasteiger partial charge in [0.25, 0.3) is 0 Å². The Kier molecular flexibility index (Phi) is 2.91. The monoisotopic (exact) mass is 204 g/mol. The van der Waals surface area contributed by atoms with Crippen molar-refractivity contribution in [1.29, 1.82) is 0 Å². The second-order valence-corrected chi connectivity index (χ2v) is 4.01. The predicted molar refractivity (Wildman–Crippen MR) is 59.2 cm³/mol. The zero-order chi connectivity index (χ0) is 9.80. The lowest BCUT2D eigenvalue weighted by atomic mass is 10.0. The van der Waals surface area contributed by atoms with Gasteiger partial charge in [0.05, 0.1) is 0 Å². The van der Waals surface area contributed by atoms with Gasteiger partial charge in [0, 0.05) is 18.4 Å². The maximum absolute atomic E-state index is 6.05. The molecule has 0 aliphatic carbocycles. The van der Waals surface area contributed by atoms with Crippen LogP contribution in [-0.4, -0.2) is 4.98 Å². The molecular formula is C11H12N2S. The standard InChI is InChI=1S/C11H12N2S/c12-11(10-3-5-14-8-10)6-9-2-1-4-13-7-9/h1-5,7-8,11H,6,12H2. The molecule has 0 saturated heterocycles. The lowest BCUT2D eigenvalue weighted by Gasteiger charge is -2.08. The molecule has 0 aliphatic rings. The number of nitrogens with two attached hydrogens (primary N) is 1. The molecule has 2 heterocycles. The van der Waals surface area contributed by atoms with E-state index in [-0.39, 0.29) is 6.04 Å². The van der Waals surface area contributed by atoms with Crippen molar-refractivity contribution in [2.45, 2.75) is 12.5 Å². The van der Waals surface area contributed by atoms with Gasteiger partial charge in [-0.25, -0.2) is 0 Å². The van der Waals surface area contributed by atoms with Gasteiger partial charge in [0.2, 0.25) is 0 Å². The van der Waals surface area contributed by atoms with Crippen molar-refractivity contribution < 1.29 is 0 Å². The Morgan fingerprint density at radius 3 is 3.00 bits per heavy atom. The lowest BCUT2D eigenvalue weighted by molar-refractivity contribution is 0.723. The van der Waals surface area contributed by atoms with Gasteiger partial charge in [-0.2, -0.15) is 11.3 Å². The van der Waals surface area contributed by atoms with Crippen LogP contribution in [0.25, 0.3) is 0 Å². The molecule has 0 bridgehead atoms. The van der Waals surface area contributed by atoms with E-state index in [1.807, 2.05) is 12.3 Å². The largest absolute Gasteiger partial charge is 0.324 e. The van der Waals surface area contributed by atoms with E-state index in [0.717, 1.165) is 6.42 Å². The first kappa shape index (κ1) is 9.37. The summed E-state index contributed by atoms with van der Waals surface area (Å²) >= 11 is 1.68. The van der Waals surface area contributed by atoms with Crippen LogP contribution in [0, 0.1) is 0 Å². The smallest absolute Gasteiger partial charge is 0.0344 e. The Hall–Kier alpha value is -1.19.